The lowest BCUT2D eigenvalue weighted by Crippen LogP contribution is -2.74. The van der Waals surface area contributed by atoms with Crippen LogP contribution in [0.25, 0.3) is 38.3 Å². The molecule has 57 heavy (non-hydrogen) atoms. The first-order chi connectivity index (χ1) is 28.1. The first-order valence-electron chi connectivity index (χ1n) is 19.5. The Morgan fingerprint density at radius 3 is 1.58 bits per heavy atom. The summed E-state index contributed by atoms with van der Waals surface area (Å²) < 4.78 is 16.7. The summed E-state index contributed by atoms with van der Waals surface area (Å²) >= 11 is 0. The van der Waals surface area contributed by atoms with Gasteiger partial charge in [-0.25, -0.2) is 4.39 Å². The van der Waals surface area contributed by atoms with E-state index in [1.54, 1.807) is 12.1 Å². The van der Waals surface area contributed by atoms with Gasteiger partial charge in [0.15, 0.2) is 8.07 Å². The van der Waals surface area contributed by atoms with Gasteiger partial charge < -0.3 is 9.47 Å². The molecule has 0 spiro atoms. The molecule has 4 heteroatoms. The molecule has 0 saturated heterocycles. The van der Waals surface area contributed by atoms with Crippen molar-refractivity contribution in [1.82, 2.24) is 4.57 Å². The maximum absolute atomic E-state index is 14.4. The molecule has 272 valence electrons. The number of fused-ring (bicyclic) bond motifs is 4. The molecule has 0 aliphatic rings. The van der Waals surface area contributed by atoms with Gasteiger partial charge in [0, 0.05) is 33.2 Å². The van der Waals surface area contributed by atoms with Crippen molar-refractivity contribution in [2.75, 3.05) is 4.90 Å². The van der Waals surface area contributed by atoms with Gasteiger partial charge in [-0.05, 0) is 99.8 Å². The van der Waals surface area contributed by atoms with E-state index in [0.29, 0.717) is 0 Å². The van der Waals surface area contributed by atoms with Crippen LogP contribution < -0.4 is 25.6 Å². The number of nitrogens with zero attached hydrogens (tertiary/aromatic N) is 2. The number of aromatic nitrogens is 1. The fourth-order valence-electron chi connectivity index (χ4n) is 8.84. The monoisotopic (exact) mass is 750 g/mol. The predicted molar refractivity (Wildman–Crippen MR) is 241 cm³/mol. The molecule has 0 radical (unpaired) electrons. The van der Waals surface area contributed by atoms with Crippen molar-refractivity contribution in [3.05, 3.63) is 230 Å². The summed E-state index contributed by atoms with van der Waals surface area (Å²) in [6, 6.07) is 77.8. The summed E-state index contributed by atoms with van der Waals surface area (Å²) in [4.78, 5) is 2.38. The van der Waals surface area contributed by atoms with Crippen LogP contribution in [0.4, 0.5) is 21.5 Å². The summed E-state index contributed by atoms with van der Waals surface area (Å²) in [7, 11) is -2.83. The van der Waals surface area contributed by atoms with Gasteiger partial charge in [0.1, 0.15) is 5.82 Å². The molecule has 0 atom stereocenters. The number of hydrogen-bond acceptors (Lipinski definition) is 1. The lowest BCUT2D eigenvalue weighted by Gasteiger charge is -2.34. The Hall–Kier alpha value is -7.01. The first-order valence-corrected chi connectivity index (χ1v) is 21.5. The third kappa shape index (κ3) is 5.85. The van der Waals surface area contributed by atoms with Gasteiger partial charge >= 0.3 is 0 Å². The second kappa shape index (κ2) is 14.2. The number of halogens is 1. The van der Waals surface area contributed by atoms with E-state index in [1.807, 2.05) is 12.1 Å². The zero-order chi connectivity index (χ0) is 38.3. The Balaban J connectivity index is 1.30. The maximum Gasteiger partial charge on any atom is 0.179 e. The third-order valence-corrected chi connectivity index (χ3v) is 16.2. The quantitative estimate of drug-likeness (QED) is 0.111. The van der Waals surface area contributed by atoms with E-state index in [1.165, 1.54) is 37.1 Å². The summed E-state index contributed by atoms with van der Waals surface area (Å²) in [6.07, 6.45) is 0. The van der Waals surface area contributed by atoms with Gasteiger partial charge in [0.05, 0.1) is 16.7 Å². The van der Waals surface area contributed by atoms with E-state index in [0.717, 1.165) is 44.6 Å². The Kier molecular flexibility index (Phi) is 8.62. The van der Waals surface area contributed by atoms with Crippen LogP contribution >= 0.6 is 0 Å². The Labute approximate surface area is 333 Å². The minimum atomic E-state index is -2.83. The summed E-state index contributed by atoms with van der Waals surface area (Å²) in [6.45, 7) is 2.13. The molecule has 0 N–H and O–H groups in total. The van der Waals surface area contributed by atoms with Gasteiger partial charge in [-0.15, -0.1) is 0 Å². The van der Waals surface area contributed by atoms with Crippen molar-refractivity contribution < 1.29 is 4.39 Å². The van der Waals surface area contributed by atoms with E-state index in [9.17, 15) is 4.39 Å². The minimum Gasteiger partial charge on any atom is -0.310 e. The van der Waals surface area contributed by atoms with Crippen LogP contribution in [0, 0.1) is 12.7 Å². The van der Waals surface area contributed by atoms with Crippen molar-refractivity contribution in [3.63, 3.8) is 0 Å². The molecule has 10 rings (SSSR count). The Bertz CT molecular complexity index is 2910. The third-order valence-electron chi connectivity index (χ3n) is 11.4. The van der Waals surface area contributed by atoms with Crippen LogP contribution in [0.2, 0.25) is 0 Å². The van der Waals surface area contributed by atoms with E-state index >= 15 is 0 Å². The number of rotatable bonds is 8. The molecular formula is C53H39FN2Si. The molecule has 0 unspecified atom stereocenters. The molecule has 0 bridgehead atoms. The Morgan fingerprint density at radius 1 is 0.421 bits per heavy atom. The summed E-state index contributed by atoms with van der Waals surface area (Å²) in [5, 5.41) is 9.92. The van der Waals surface area contributed by atoms with Crippen LogP contribution in [-0.2, 0) is 0 Å². The molecule has 2 nitrogen and oxygen atoms in total. The molecule has 0 aliphatic carbocycles. The number of benzene rings is 9. The fraction of sp³-hybridized carbons (Fsp3) is 0.0189. The van der Waals surface area contributed by atoms with Crippen molar-refractivity contribution in [3.8, 4) is 5.69 Å². The predicted octanol–water partition coefficient (Wildman–Crippen LogP) is 11.2. The highest BCUT2D eigenvalue weighted by Crippen LogP contribution is 2.42. The number of aryl methyl sites for hydroxylation is 1. The second-order valence-electron chi connectivity index (χ2n) is 14.8. The van der Waals surface area contributed by atoms with E-state index in [-0.39, 0.29) is 5.82 Å². The normalized spacial score (nSPS) is 11.7. The highest BCUT2D eigenvalue weighted by molar-refractivity contribution is 7.20. The molecule has 0 amide bonds. The zero-order valence-electron chi connectivity index (χ0n) is 31.6. The van der Waals surface area contributed by atoms with Crippen molar-refractivity contribution in [1.29, 1.82) is 0 Å². The highest BCUT2D eigenvalue weighted by Gasteiger charge is 2.41. The number of anilines is 3. The molecule has 1 heterocycles. The second-order valence-corrected chi connectivity index (χ2v) is 18.6. The molecule has 9 aromatic carbocycles. The maximum atomic E-state index is 14.4. The summed E-state index contributed by atoms with van der Waals surface area (Å²) in [5.74, 6) is -0.253. The lowest BCUT2D eigenvalue weighted by molar-refractivity contribution is 0.627. The standard InChI is InChI=1S/C53H39FN2Si/c1-38-24-28-41(29-25-38)55(51-23-13-15-39-14-11-12-22-48(39)51)43-32-34-52-49(36-43)50-37-47(33-35-53(50)56(52)42-30-26-40(54)27-31-42)57(44-16-5-2-6-17-44,45-18-7-3-8-19-45)46-20-9-4-10-21-46/h2-37H,1H3. The van der Waals surface area contributed by atoms with Gasteiger partial charge in [0.2, 0.25) is 0 Å². The fourth-order valence-corrected chi connectivity index (χ4v) is 13.6. The molecule has 0 aliphatic heterocycles. The summed E-state index contributed by atoms with van der Waals surface area (Å²) in [5.41, 5.74) is 7.52. The van der Waals surface area contributed by atoms with Crippen molar-refractivity contribution in [2.45, 2.75) is 6.92 Å². The van der Waals surface area contributed by atoms with Gasteiger partial charge in [0.25, 0.3) is 0 Å². The topological polar surface area (TPSA) is 8.17 Å². The minimum absolute atomic E-state index is 0.253. The largest absolute Gasteiger partial charge is 0.310 e. The molecule has 0 fully saturated rings. The average molecular weight is 751 g/mol. The highest BCUT2D eigenvalue weighted by atomic mass is 28.3. The molecule has 0 saturated carbocycles. The van der Waals surface area contributed by atoms with Gasteiger partial charge in [-0.3, -0.25) is 0 Å². The van der Waals surface area contributed by atoms with Gasteiger partial charge in [-0.1, -0.05) is 157 Å². The van der Waals surface area contributed by atoms with Crippen molar-refractivity contribution >= 4 is 78.5 Å². The molecular weight excluding hydrogens is 712 g/mol. The van der Waals surface area contributed by atoms with Gasteiger partial charge in [-0.2, -0.15) is 0 Å². The van der Waals surface area contributed by atoms with E-state index in [4.69, 9.17) is 0 Å². The number of hydrogen-bond donors (Lipinski definition) is 0. The van der Waals surface area contributed by atoms with E-state index < -0.39 is 8.07 Å². The first kappa shape index (κ1) is 34.5. The van der Waals surface area contributed by atoms with Crippen LogP contribution in [0.1, 0.15) is 5.56 Å². The average Bonchev–Trinajstić information content (AvgIpc) is 3.59. The molecule has 10 aromatic rings. The van der Waals surface area contributed by atoms with Crippen LogP contribution in [0.3, 0.4) is 0 Å². The van der Waals surface area contributed by atoms with E-state index in [2.05, 4.69) is 211 Å². The SMILES string of the molecule is Cc1ccc(N(c2ccc3c(c2)c2cc([Si](c4ccccc4)(c4ccccc4)c4ccccc4)ccc2n3-c2ccc(F)cc2)c2cccc3ccccc23)cc1. The van der Waals surface area contributed by atoms with Crippen LogP contribution in [0.15, 0.2) is 218 Å². The Morgan fingerprint density at radius 2 is 0.947 bits per heavy atom. The van der Waals surface area contributed by atoms with Crippen LogP contribution in [-0.4, -0.2) is 12.6 Å². The zero-order valence-corrected chi connectivity index (χ0v) is 32.6. The molecule has 1 aromatic heterocycles. The smallest absolute Gasteiger partial charge is 0.179 e. The lowest BCUT2D eigenvalue weighted by atomic mass is 10.1. The van der Waals surface area contributed by atoms with Crippen molar-refractivity contribution in [2.24, 2.45) is 0 Å². The van der Waals surface area contributed by atoms with Crippen LogP contribution in [0.5, 0.6) is 0 Å².